The van der Waals surface area contributed by atoms with E-state index in [0.717, 1.165) is 32.5 Å². The summed E-state index contributed by atoms with van der Waals surface area (Å²) >= 11 is 0. The summed E-state index contributed by atoms with van der Waals surface area (Å²) in [6.07, 6.45) is 3.17. The van der Waals surface area contributed by atoms with E-state index in [0.29, 0.717) is 12.6 Å². The van der Waals surface area contributed by atoms with E-state index in [1.54, 1.807) is 7.11 Å². The molecule has 0 bridgehead atoms. The fourth-order valence-electron chi connectivity index (χ4n) is 3.04. The van der Waals surface area contributed by atoms with Gasteiger partial charge in [-0.25, -0.2) is 4.79 Å². The Morgan fingerprint density at radius 3 is 2.56 bits per heavy atom. The predicted octanol–water partition coefficient (Wildman–Crippen LogP) is 3.36. The Bertz CT molecular complexity index is 537. The van der Waals surface area contributed by atoms with Gasteiger partial charge in [0.25, 0.3) is 0 Å². The minimum atomic E-state index is -0.456. The normalized spacial score (nSPS) is 18.8. The molecule has 1 aromatic rings. The summed E-state index contributed by atoms with van der Waals surface area (Å²) in [6.45, 7) is 9.29. The first-order chi connectivity index (χ1) is 11.9. The van der Waals surface area contributed by atoms with Gasteiger partial charge in [0.05, 0.1) is 6.10 Å². The maximum Gasteiger partial charge on any atom is 0.407 e. The van der Waals surface area contributed by atoms with E-state index in [-0.39, 0.29) is 6.09 Å². The van der Waals surface area contributed by atoms with Crippen LogP contribution in [0.5, 0.6) is 0 Å². The largest absolute Gasteiger partial charge is 0.444 e. The highest BCUT2D eigenvalue weighted by Gasteiger charge is 2.19. The van der Waals surface area contributed by atoms with Gasteiger partial charge in [0.2, 0.25) is 0 Å². The third-order valence-electron chi connectivity index (χ3n) is 4.31. The number of piperidine rings is 1. The Labute approximate surface area is 151 Å². The van der Waals surface area contributed by atoms with Crippen molar-refractivity contribution in [2.45, 2.75) is 58.3 Å². The molecule has 1 aliphatic heterocycles. The van der Waals surface area contributed by atoms with E-state index in [2.05, 4.69) is 34.5 Å². The van der Waals surface area contributed by atoms with Crippen molar-refractivity contribution in [1.82, 2.24) is 10.2 Å². The topological polar surface area (TPSA) is 50.8 Å². The van der Waals surface area contributed by atoms with E-state index in [1.165, 1.54) is 17.5 Å². The van der Waals surface area contributed by atoms with Gasteiger partial charge < -0.3 is 14.8 Å². The van der Waals surface area contributed by atoms with E-state index in [4.69, 9.17) is 9.47 Å². The van der Waals surface area contributed by atoms with Crippen molar-refractivity contribution < 1.29 is 14.3 Å². The van der Waals surface area contributed by atoms with Crippen molar-refractivity contribution in [2.75, 3.05) is 26.7 Å². The molecular formula is C20H32N2O3. The number of hydrogen-bond donors (Lipinski definition) is 1. The van der Waals surface area contributed by atoms with Crippen LogP contribution in [0.25, 0.3) is 0 Å². The molecule has 0 aliphatic carbocycles. The number of carbonyl (C=O) groups is 1. The molecule has 0 aromatic heterocycles. The Kier molecular flexibility index (Phi) is 7.26. The Morgan fingerprint density at radius 1 is 1.24 bits per heavy atom. The van der Waals surface area contributed by atoms with Gasteiger partial charge in [-0.3, -0.25) is 4.90 Å². The lowest BCUT2D eigenvalue weighted by atomic mass is 10.1. The van der Waals surface area contributed by atoms with Crippen LogP contribution < -0.4 is 5.32 Å². The Balaban J connectivity index is 1.73. The summed E-state index contributed by atoms with van der Waals surface area (Å²) in [5.74, 6) is 0. The van der Waals surface area contributed by atoms with Crippen molar-refractivity contribution in [2.24, 2.45) is 0 Å². The van der Waals surface area contributed by atoms with Crippen molar-refractivity contribution in [1.29, 1.82) is 0 Å². The molecule has 1 N–H and O–H groups in total. The highest BCUT2D eigenvalue weighted by molar-refractivity contribution is 5.67. The molecule has 1 aromatic carbocycles. The van der Waals surface area contributed by atoms with Gasteiger partial charge in [-0.15, -0.1) is 0 Å². The number of amides is 1. The maximum absolute atomic E-state index is 11.6. The van der Waals surface area contributed by atoms with Crippen LogP contribution in [0.1, 0.15) is 44.7 Å². The number of nitrogens with zero attached hydrogens (tertiary/aromatic N) is 1. The average molecular weight is 348 g/mol. The van der Waals surface area contributed by atoms with Crippen LogP contribution in [0.4, 0.5) is 4.79 Å². The van der Waals surface area contributed by atoms with Crippen LogP contribution in [0.15, 0.2) is 24.3 Å². The van der Waals surface area contributed by atoms with Gasteiger partial charge in [0.1, 0.15) is 5.60 Å². The fourth-order valence-corrected chi connectivity index (χ4v) is 3.04. The second-order valence-corrected chi connectivity index (χ2v) is 7.73. The lowest BCUT2D eigenvalue weighted by Gasteiger charge is -2.31. The highest BCUT2D eigenvalue weighted by atomic mass is 16.6. The van der Waals surface area contributed by atoms with Crippen LogP contribution in [-0.4, -0.2) is 49.4 Å². The Morgan fingerprint density at radius 2 is 1.92 bits per heavy atom. The number of carbonyl (C=O) groups excluding carboxylic acids is 1. The SMILES string of the molecule is COC1CCCN(Cc2ccc(CCNC(=O)OC(C)(C)C)cc2)C1. The van der Waals surface area contributed by atoms with Gasteiger partial charge in [-0.05, 0) is 57.7 Å². The third-order valence-corrected chi connectivity index (χ3v) is 4.31. The van der Waals surface area contributed by atoms with Gasteiger partial charge in [0.15, 0.2) is 0 Å². The minimum Gasteiger partial charge on any atom is -0.444 e. The molecule has 1 saturated heterocycles. The number of benzene rings is 1. The molecule has 1 aliphatic rings. The minimum absolute atomic E-state index is 0.359. The molecular weight excluding hydrogens is 316 g/mol. The van der Waals surface area contributed by atoms with E-state index in [9.17, 15) is 4.79 Å². The van der Waals surface area contributed by atoms with Crippen LogP contribution >= 0.6 is 0 Å². The van der Waals surface area contributed by atoms with Gasteiger partial charge in [-0.1, -0.05) is 24.3 Å². The lowest BCUT2D eigenvalue weighted by Crippen LogP contribution is -2.38. The van der Waals surface area contributed by atoms with Crippen molar-refractivity contribution in [3.05, 3.63) is 35.4 Å². The number of rotatable bonds is 6. The quantitative estimate of drug-likeness (QED) is 0.856. The number of methoxy groups -OCH3 is 1. The molecule has 2 rings (SSSR count). The number of hydrogen-bond acceptors (Lipinski definition) is 4. The first-order valence-electron chi connectivity index (χ1n) is 9.15. The zero-order chi connectivity index (χ0) is 18.3. The van der Waals surface area contributed by atoms with Crippen molar-refractivity contribution in [3.8, 4) is 0 Å². The van der Waals surface area contributed by atoms with Gasteiger partial charge >= 0.3 is 6.09 Å². The first-order valence-corrected chi connectivity index (χ1v) is 9.15. The summed E-state index contributed by atoms with van der Waals surface area (Å²) < 4.78 is 10.7. The number of nitrogens with one attached hydrogen (secondary N) is 1. The number of alkyl carbamates (subject to hydrolysis) is 1. The average Bonchev–Trinajstić information content (AvgIpc) is 2.55. The van der Waals surface area contributed by atoms with E-state index < -0.39 is 5.60 Å². The van der Waals surface area contributed by atoms with Crippen molar-refractivity contribution >= 4 is 6.09 Å². The second-order valence-electron chi connectivity index (χ2n) is 7.73. The molecule has 1 fully saturated rings. The molecule has 0 saturated carbocycles. The fraction of sp³-hybridized carbons (Fsp3) is 0.650. The monoisotopic (exact) mass is 348 g/mol. The zero-order valence-electron chi connectivity index (χ0n) is 16.0. The summed E-state index contributed by atoms with van der Waals surface area (Å²) in [6, 6.07) is 8.64. The smallest absolute Gasteiger partial charge is 0.407 e. The predicted molar refractivity (Wildman–Crippen MR) is 99.7 cm³/mol. The standard InChI is InChI=1S/C20H32N2O3/c1-20(2,3)25-19(23)21-12-11-16-7-9-17(10-8-16)14-22-13-5-6-18(15-22)24-4/h7-10,18H,5-6,11-15H2,1-4H3,(H,21,23). The van der Waals surface area contributed by atoms with Crippen LogP contribution in [0.2, 0.25) is 0 Å². The zero-order valence-corrected chi connectivity index (χ0v) is 16.0. The summed E-state index contributed by atoms with van der Waals surface area (Å²) in [4.78, 5) is 14.1. The van der Waals surface area contributed by atoms with E-state index in [1.807, 2.05) is 20.8 Å². The first kappa shape index (κ1) is 19.7. The second kappa shape index (κ2) is 9.20. The summed E-state index contributed by atoms with van der Waals surface area (Å²) in [5, 5.41) is 2.80. The molecule has 1 amide bonds. The van der Waals surface area contributed by atoms with Crippen LogP contribution in [0.3, 0.4) is 0 Å². The Hall–Kier alpha value is -1.59. The molecule has 140 valence electrons. The van der Waals surface area contributed by atoms with Crippen molar-refractivity contribution in [3.63, 3.8) is 0 Å². The highest BCUT2D eigenvalue weighted by Crippen LogP contribution is 2.16. The molecule has 1 atom stereocenters. The number of likely N-dealkylation sites (tertiary alicyclic amines) is 1. The molecule has 1 unspecified atom stereocenters. The molecule has 5 nitrogen and oxygen atoms in total. The maximum atomic E-state index is 11.6. The molecule has 1 heterocycles. The van der Waals surface area contributed by atoms with Crippen LogP contribution in [-0.2, 0) is 22.4 Å². The molecule has 0 spiro atoms. The van der Waals surface area contributed by atoms with Crippen LogP contribution in [0, 0.1) is 0 Å². The third kappa shape index (κ3) is 7.45. The summed E-state index contributed by atoms with van der Waals surface area (Å²) in [7, 11) is 1.80. The molecule has 5 heteroatoms. The molecule has 0 radical (unpaired) electrons. The van der Waals surface area contributed by atoms with E-state index >= 15 is 0 Å². The summed E-state index contributed by atoms with van der Waals surface area (Å²) in [5.41, 5.74) is 2.08. The van der Waals surface area contributed by atoms with Gasteiger partial charge in [0, 0.05) is 26.7 Å². The lowest BCUT2D eigenvalue weighted by molar-refractivity contribution is 0.0285. The molecule has 25 heavy (non-hydrogen) atoms. The number of ether oxygens (including phenoxy) is 2. The van der Waals surface area contributed by atoms with Gasteiger partial charge in [-0.2, -0.15) is 0 Å².